The van der Waals surface area contributed by atoms with Crippen molar-refractivity contribution in [3.63, 3.8) is 0 Å². The first kappa shape index (κ1) is 54.3. The molecule has 4 aliphatic heterocycles. The van der Waals surface area contributed by atoms with Gasteiger partial charge in [0.1, 0.15) is 11.4 Å². The second-order valence-corrected chi connectivity index (χ2v) is 23.4. The highest BCUT2D eigenvalue weighted by atomic mass is 32.2. The number of unbranched alkanes of at least 4 members (excludes halogenated alkanes) is 2. The van der Waals surface area contributed by atoms with Gasteiger partial charge in [0.05, 0.1) is 16.3 Å². The second-order valence-electron chi connectivity index (χ2n) is 20.4. The van der Waals surface area contributed by atoms with Gasteiger partial charge in [-0.25, -0.2) is 4.98 Å². The summed E-state index contributed by atoms with van der Waals surface area (Å²) >= 11 is 0. The number of aromatic nitrogens is 4. The van der Waals surface area contributed by atoms with Crippen LogP contribution in [0, 0.1) is 0 Å². The fourth-order valence-electron chi connectivity index (χ4n) is 10.3. The predicted octanol–water partition coefficient (Wildman–Crippen LogP) is 4.97. The Morgan fingerprint density at radius 1 is 0.743 bits per heavy atom. The molecule has 400 valence electrons. The number of nitrogens with zero attached hydrogens (tertiary/aromatic N) is 8. The number of nitrogens with one attached hydrogen (secondary N) is 3. The zero-order valence-electron chi connectivity index (χ0n) is 42.6. The van der Waals surface area contributed by atoms with Crippen molar-refractivity contribution in [3.8, 4) is 11.1 Å². The highest BCUT2D eigenvalue weighted by Crippen LogP contribution is 2.52. The number of benzene rings is 2. The van der Waals surface area contributed by atoms with Crippen molar-refractivity contribution >= 4 is 72.3 Å². The lowest BCUT2D eigenvalue weighted by Crippen LogP contribution is -2.45. The average Bonchev–Trinajstić information content (AvgIpc) is 3.56. The van der Waals surface area contributed by atoms with E-state index in [1.54, 1.807) is 6.07 Å². The summed E-state index contributed by atoms with van der Waals surface area (Å²) < 4.78 is 67.2. The number of nitrogens with two attached hydrogens (primary N) is 1. The minimum atomic E-state index is -4.61. The third-order valence-electron chi connectivity index (χ3n) is 14.6. The van der Waals surface area contributed by atoms with Gasteiger partial charge in [-0.2, -0.15) is 31.8 Å². The Balaban J connectivity index is 0.903. The van der Waals surface area contributed by atoms with Crippen LogP contribution in [0.25, 0.3) is 21.9 Å². The molecule has 3 fully saturated rings. The van der Waals surface area contributed by atoms with E-state index in [9.17, 15) is 40.3 Å². The summed E-state index contributed by atoms with van der Waals surface area (Å²) in [5.41, 5.74) is 8.47. The molecule has 2 aromatic heterocycles. The van der Waals surface area contributed by atoms with Crippen LogP contribution in [0.3, 0.4) is 0 Å². The molecule has 3 saturated heterocycles. The van der Waals surface area contributed by atoms with Gasteiger partial charge in [-0.3, -0.25) is 23.5 Å². The predicted molar refractivity (Wildman–Crippen MR) is 285 cm³/mol. The van der Waals surface area contributed by atoms with Crippen molar-refractivity contribution in [2.45, 2.75) is 120 Å². The fraction of sp³-hybridized carbons (Fsp3) is 0.549. The molecule has 2 aromatic carbocycles. The maximum atomic E-state index is 13.9. The van der Waals surface area contributed by atoms with Crippen molar-refractivity contribution in [2.75, 3.05) is 84.3 Å². The van der Waals surface area contributed by atoms with Crippen LogP contribution in [0.2, 0.25) is 0 Å². The van der Waals surface area contributed by atoms with E-state index in [-0.39, 0.29) is 40.8 Å². The first-order chi connectivity index (χ1) is 35.2. The van der Waals surface area contributed by atoms with Gasteiger partial charge in [0, 0.05) is 93.9 Å². The third-order valence-corrected chi connectivity index (χ3v) is 16.2. The Hall–Kier alpha value is -6.01. The summed E-state index contributed by atoms with van der Waals surface area (Å²) in [6.45, 7) is 15.7. The Bertz CT molecular complexity index is 2990. The first-order valence-corrected chi connectivity index (χ1v) is 28.9. The molecule has 3 amide bonds. The van der Waals surface area contributed by atoms with Crippen molar-refractivity contribution in [2.24, 2.45) is 5.73 Å². The van der Waals surface area contributed by atoms with Gasteiger partial charge in [-0.05, 0) is 117 Å². The fourth-order valence-corrected chi connectivity index (χ4v) is 11.2. The van der Waals surface area contributed by atoms with Gasteiger partial charge >= 0.3 is 0 Å². The Morgan fingerprint density at radius 3 is 1.91 bits per heavy atom. The number of amides is 3. The van der Waals surface area contributed by atoms with Crippen LogP contribution < -0.4 is 41.3 Å². The van der Waals surface area contributed by atoms with E-state index >= 15 is 0 Å². The van der Waals surface area contributed by atoms with E-state index < -0.39 is 49.8 Å². The van der Waals surface area contributed by atoms with Gasteiger partial charge < -0.3 is 41.3 Å². The summed E-state index contributed by atoms with van der Waals surface area (Å²) in [5.74, 6) is -0.0603. The molecule has 0 aliphatic carbocycles. The van der Waals surface area contributed by atoms with Crippen molar-refractivity contribution in [1.29, 1.82) is 0 Å². The number of allylic oxidation sites excluding steroid dienone is 1. The SMILES string of the molecule is C=C1N(CCC)c2c(cc(-c3cc(C(=O)NCCCCCC(=O)NC4CCN(c5nc(N6CCCCC6)nc(N6CCC(N)CC6)n5)CC4)nc(C(=O)NCCS(=O)(=O)O)c3)c3ccc(S(=O)(=O)O)cc23)C1(C)C. The van der Waals surface area contributed by atoms with Crippen LogP contribution in [0.4, 0.5) is 23.5 Å². The number of carbonyl (C=O) groups is 3. The lowest BCUT2D eigenvalue weighted by atomic mass is 9.81. The van der Waals surface area contributed by atoms with E-state index in [1.165, 1.54) is 30.7 Å². The molecule has 74 heavy (non-hydrogen) atoms. The third kappa shape index (κ3) is 12.7. The van der Waals surface area contributed by atoms with E-state index in [4.69, 9.17) is 20.7 Å². The number of pyridine rings is 1. The molecule has 23 heteroatoms. The zero-order valence-corrected chi connectivity index (χ0v) is 44.2. The summed E-state index contributed by atoms with van der Waals surface area (Å²) in [6.07, 6.45) is 9.61. The quantitative estimate of drug-likeness (QED) is 0.0534. The van der Waals surface area contributed by atoms with Crippen LogP contribution in [-0.2, 0) is 30.4 Å². The summed E-state index contributed by atoms with van der Waals surface area (Å²) in [4.78, 5) is 68.1. The monoisotopic (exact) mass is 1060 g/mol. The number of anilines is 4. The topological polar surface area (TPSA) is 287 Å². The standard InChI is InChI=1S/C51H70N12O9S2/c1-5-21-63-33(2)51(3,4)41-32-39(38-14-13-37(74(70,71)72)31-40(38)45(41)63)34-29-42(56-43(30-34)47(66)54-20-28-73(67,68)69)46(65)53-19-9-6-8-12-44(64)55-36-17-26-62(27-18-36)50-58-48(60-22-10-7-11-23-60)57-49(59-50)61-24-15-35(52)16-25-61/h13-14,29-32,35-36H,2,5-12,15-28,52H2,1,3-4H3,(H,53,65)(H,54,66)(H,55,64)(H,67,68,69)(H,70,71,72). The zero-order chi connectivity index (χ0) is 53.0. The van der Waals surface area contributed by atoms with Crippen LogP contribution in [-0.4, -0.2) is 140 Å². The van der Waals surface area contributed by atoms with Crippen LogP contribution in [0.5, 0.6) is 0 Å². The molecule has 0 atom stereocenters. The largest absolute Gasteiger partial charge is 0.353 e. The molecule has 0 bridgehead atoms. The summed E-state index contributed by atoms with van der Waals surface area (Å²) in [5, 5.41) is 9.59. The van der Waals surface area contributed by atoms with Gasteiger partial charge in [-0.1, -0.05) is 39.8 Å². The maximum Gasteiger partial charge on any atom is 0.294 e. The molecule has 4 aromatic rings. The second kappa shape index (κ2) is 22.9. The first-order valence-electron chi connectivity index (χ1n) is 25.9. The van der Waals surface area contributed by atoms with Crippen molar-refractivity contribution < 1.29 is 40.3 Å². The van der Waals surface area contributed by atoms with Crippen LogP contribution in [0.15, 0.2) is 53.6 Å². The van der Waals surface area contributed by atoms with Gasteiger partial charge in [0.25, 0.3) is 32.1 Å². The summed E-state index contributed by atoms with van der Waals surface area (Å²) in [7, 11) is -9.01. The molecule has 0 saturated carbocycles. The number of rotatable bonds is 19. The normalized spacial score (nSPS) is 17.7. The van der Waals surface area contributed by atoms with Crippen LogP contribution >= 0.6 is 0 Å². The smallest absolute Gasteiger partial charge is 0.294 e. The Labute approximate surface area is 433 Å². The lowest BCUT2D eigenvalue weighted by molar-refractivity contribution is -0.122. The molecular formula is C51H70N12O9S2. The molecular weight excluding hydrogens is 989 g/mol. The Kier molecular flexibility index (Phi) is 16.8. The molecule has 21 nitrogen and oxygen atoms in total. The number of piperidine rings is 3. The average molecular weight is 1060 g/mol. The van der Waals surface area contributed by atoms with Crippen LogP contribution in [0.1, 0.15) is 124 Å². The van der Waals surface area contributed by atoms with Gasteiger partial charge in [0.2, 0.25) is 23.8 Å². The van der Waals surface area contributed by atoms with E-state index in [1.807, 2.05) is 31.7 Å². The number of fused-ring (bicyclic) bond motifs is 3. The lowest BCUT2D eigenvalue weighted by Gasteiger charge is -2.35. The molecule has 8 rings (SSSR count). The number of hydrogen-bond acceptors (Lipinski definition) is 16. The molecule has 0 spiro atoms. The van der Waals surface area contributed by atoms with Gasteiger partial charge in [-0.15, -0.1) is 0 Å². The van der Waals surface area contributed by atoms with Crippen molar-refractivity contribution in [1.82, 2.24) is 35.9 Å². The highest BCUT2D eigenvalue weighted by molar-refractivity contribution is 7.86. The molecule has 0 unspecified atom stereocenters. The minimum absolute atomic E-state index is 0.0214. The number of hydrogen-bond donors (Lipinski definition) is 6. The van der Waals surface area contributed by atoms with Crippen molar-refractivity contribution in [3.05, 3.63) is 65.6 Å². The van der Waals surface area contributed by atoms with E-state index in [0.717, 1.165) is 94.0 Å². The molecule has 0 radical (unpaired) electrons. The van der Waals surface area contributed by atoms with Gasteiger partial charge in [0.15, 0.2) is 0 Å². The Morgan fingerprint density at radius 2 is 1.32 bits per heavy atom. The molecule has 6 heterocycles. The maximum absolute atomic E-state index is 13.9. The van der Waals surface area contributed by atoms with E-state index in [0.29, 0.717) is 79.1 Å². The highest BCUT2D eigenvalue weighted by Gasteiger charge is 2.41. The van der Waals surface area contributed by atoms with E-state index in [2.05, 4.69) is 42.2 Å². The number of carbonyl (C=O) groups excluding carboxylic acids is 3. The minimum Gasteiger partial charge on any atom is -0.353 e. The molecule has 4 aliphatic rings. The molecule has 7 N–H and O–H groups in total. The summed E-state index contributed by atoms with van der Waals surface area (Å²) in [6, 6.07) is 9.37.